The molecule has 0 amide bonds. The molecule has 1 aromatic heterocycles. The van der Waals surface area contributed by atoms with Gasteiger partial charge in [0.15, 0.2) is 0 Å². The summed E-state index contributed by atoms with van der Waals surface area (Å²) in [5, 5.41) is 19.8. The Labute approximate surface area is 250 Å². The van der Waals surface area contributed by atoms with Crippen LogP contribution in [0.5, 0.6) is 0 Å². The number of para-hydroxylation sites is 2. The van der Waals surface area contributed by atoms with Gasteiger partial charge in [-0.05, 0) is 97.0 Å². The zero-order valence-electron chi connectivity index (χ0n) is 19.5. The van der Waals surface area contributed by atoms with Gasteiger partial charge in [-0.1, -0.05) is 91.3 Å². The Bertz CT molecular complexity index is 1460. The third kappa shape index (κ3) is 9.99. The van der Waals surface area contributed by atoms with Crippen molar-refractivity contribution >= 4 is 90.3 Å². The molecular weight excluding hydrogens is 650 g/mol. The molecule has 0 atom stereocenters. The lowest BCUT2D eigenvalue weighted by molar-refractivity contribution is 0.426. The van der Waals surface area contributed by atoms with E-state index in [1.54, 1.807) is 18.2 Å². The van der Waals surface area contributed by atoms with Crippen LogP contribution in [0.3, 0.4) is 0 Å². The fraction of sp³-hybridized carbons (Fsp3) is 0.0345. The Kier molecular flexibility index (Phi) is 13.2. The van der Waals surface area contributed by atoms with Crippen LogP contribution in [-0.4, -0.2) is 22.2 Å². The summed E-state index contributed by atoms with van der Waals surface area (Å²) in [4.78, 5) is 3.38. The summed E-state index contributed by atoms with van der Waals surface area (Å²) >= 11 is 18.1. The molecule has 0 aliphatic heterocycles. The fourth-order valence-corrected chi connectivity index (χ4v) is 4.19. The van der Waals surface area contributed by atoms with Gasteiger partial charge in [0.2, 0.25) is 0 Å². The van der Waals surface area contributed by atoms with E-state index in [2.05, 4.69) is 61.1 Å². The van der Waals surface area contributed by atoms with Crippen molar-refractivity contribution < 1.29 is 10.0 Å². The maximum atomic E-state index is 8.65. The van der Waals surface area contributed by atoms with Crippen molar-refractivity contribution in [3.05, 3.63) is 122 Å². The van der Waals surface area contributed by atoms with Crippen LogP contribution in [0.25, 0.3) is 28.2 Å². The first-order chi connectivity index (χ1) is 17.7. The molecule has 5 aromatic rings. The average Bonchev–Trinajstić information content (AvgIpc) is 3.31. The number of rotatable bonds is 3. The molecule has 0 aliphatic rings. The number of nitrogens with two attached hydrogens (primary N) is 1. The number of aromatic nitrogens is 1. The monoisotopic (exact) mass is 674 g/mol. The maximum absolute atomic E-state index is 8.65. The van der Waals surface area contributed by atoms with Crippen LogP contribution < -0.4 is 11.2 Å². The Morgan fingerprint density at radius 2 is 1.42 bits per heavy atom. The van der Waals surface area contributed by atoms with E-state index in [4.69, 9.17) is 39.0 Å². The van der Waals surface area contributed by atoms with Gasteiger partial charge in [-0.15, -0.1) is 0 Å². The Morgan fingerprint density at radius 3 is 2.00 bits per heavy atom. The zero-order chi connectivity index (χ0) is 26.8. The van der Waals surface area contributed by atoms with E-state index in [-0.39, 0.29) is 7.43 Å². The number of nitrogen functional groups attached to an aromatic ring is 1. The lowest BCUT2D eigenvalue weighted by Gasteiger charge is -1.97. The van der Waals surface area contributed by atoms with Gasteiger partial charge in [0.1, 0.15) is 0 Å². The minimum absolute atomic E-state index is 0. The molecule has 5 N–H and O–H groups in total. The molecule has 4 aromatic carbocycles. The first-order valence-electron chi connectivity index (χ1n) is 11.1. The summed E-state index contributed by atoms with van der Waals surface area (Å²) in [7, 11) is -1.43. The number of hydrogen-bond acceptors (Lipinski definition) is 3. The smallest absolute Gasteiger partial charge is 0.423 e. The number of H-pyrrole nitrogens is 1. The third-order valence-corrected chi connectivity index (χ3v) is 6.00. The van der Waals surface area contributed by atoms with Crippen LogP contribution in [-0.2, 0) is 0 Å². The molecule has 0 fully saturated rings. The maximum Gasteiger partial charge on any atom is 0.488 e. The second kappa shape index (κ2) is 15.8. The standard InChI is InChI=1S/C14H10ClN.C8H7Br2N.C6H6BClO2.CH4/c15-12-6-3-5-10(8-12)14-9-11-4-1-2-7-13(11)16-14;9-8(10)5-6-3-1-2-4-7(6)11;8-6-3-1-2-5(4-6)7(9)10;/h1-9,16H;1-5H,11H2;1-4,9-10H;1H4. The Balaban J connectivity index is 0.000000206. The number of nitrogens with one attached hydrogen (secondary N) is 1. The number of anilines is 1. The zero-order valence-corrected chi connectivity index (χ0v) is 24.1. The molecule has 1 heterocycles. The lowest BCUT2D eigenvalue weighted by Crippen LogP contribution is -2.29. The molecule has 0 saturated heterocycles. The number of benzene rings is 4. The topological polar surface area (TPSA) is 82.3 Å². The van der Waals surface area contributed by atoms with Crippen LogP contribution in [0.2, 0.25) is 10.0 Å². The summed E-state index contributed by atoms with van der Waals surface area (Å²) in [6.07, 6.45) is 1.91. The molecule has 0 bridgehead atoms. The van der Waals surface area contributed by atoms with E-state index < -0.39 is 7.12 Å². The van der Waals surface area contributed by atoms with Gasteiger partial charge in [0.05, 0.1) is 3.39 Å². The molecule has 0 saturated carbocycles. The summed E-state index contributed by atoms with van der Waals surface area (Å²) in [5.41, 5.74) is 11.2. The predicted molar refractivity (Wildman–Crippen MR) is 173 cm³/mol. The van der Waals surface area contributed by atoms with Crippen LogP contribution >= 0.6 is 55.1 Å². The van der Waals surface area contributed by atoms with E-state index in [1.807, 2.05) is 60.7 Å². The molecule has 0 unspecified atom stereocenters. The van der Waals surface area contributed by atoms with Gasteiger partial charge >= 0.3 is 7.12 Å². The highest BCUT2D eigenvalue weighted by atomic mass is 79.9. The van der Waals surface area contributed by atoms with Crippen molar-refractivity contribution in [2.45, 2.75) is 7.43 Å². The normalized spacial score (nSPS) is 9.74. The molecule has 0 radical (unpaired) electrons. The number of hydrogen-bond donors (Lipinski definition) is 4. The first-order valence-corrected chi connectivity index (χ1v) is 13.4. The minimum atomic E-state index is -1.43. The van der Waals surface area contributed by atoms with Crippen LogP contribution in [0.1, 0.15) is 13.0 Å². The molecule has 5 rings (SSSR count). The Morgan fingerprint density at radius 1 is 0.789 bits per heavy atom. The quantitative estimate of drug-likeness (QED) is 0.114. The molecule has 196 valence electrons. The van der Waals surface area contributed by atoms with Gasteiger partial charge in [0.25, 0.3) is 0 Å². The van der Waals surface area contributed by atoms with Crippen molar-refractivity contribution in [2.75, 3.05) is 5.73 Å². The van der Waals surface area contributed by atoms with E-state index in [9.17, 15) is 0 Å². The molecule has 0 aliphatic carbocycles. The Hall–Kier alpha value is -2.52. The molecule has 9 heteroatoms. The van der Waals surface area contributed by atoms with E-state index in [0.717, 1.165) is 36.4 Å². The van der Waals surface area contributed by atoms with Crippen molar-refractivity contribution in [3.8, 4) is 11.3 Å². The third-order valence-electron chi connectivity index (χ3n) is 5.07. The second-order valence-corrected chi connectivity index (χ2v) is 11.4. The summed E-state index contributed by atoms with van der Waals surface area (Å²) in [6, 6.07) is 32.4. The van der Waals surface area contributed by atoms with E-state index >= 15 is 0 Å². The second-order valence-electron chi connectivity index (χ2n) is 7.77. The van der Waals surface area contributed by atoms with Crippen molar-refractivity contribution in [2.24, 2.45) is 0 Å². The number of halogens is 4. The fourth-order valence-electron chi connectivity index (χ4n) is 3.31. The molecule has 4 nitrogen and oxygen atoms in total. The van der Waals surface area contributed by atoms with Crippen molar-refractivity contribution in [3.63, 3.8) is 0 Å². The largest absolute Gasteiger partial charge is 0.488 e. The van der Waals surface area contributed by atoms with Crippen LogP contribution in [0, 0.1) is 0 Å². The molecule has 38 heavy (non-hydrogen) atoms. The van der Waals surface area contributed by atoms with Gasteiger partial charge in [-0.25, -0.2) is 0 Å². The summed E-state index contributed by atoms with van der Waals surface area (Å²) < 4.78 is 0.892. The average molecular weight is 677 g/mol. The molecule has 0 spiro atoms. The van der Waals surface area contributed by atoms with Crippen LogP contribution in [0.4, 0.5) is 5.69 Å². The number of aromatic amines is 1. The highest BCUT2D eigenvalue weighted by Gasteiger charge is 2.09. The van der Waals surface area contributed by atoms with Crippen molar-refractivity contribution in [1.82, 2.24) is 4.98 Å². The highest BCUT2D eigenvalue weighted by molar-refractivity contribution is 9.28. The SMILES string of the molecule is C.Clc1cccc(-c2cc3ccccc3[nH]2)c1.Nc1ccccc1C=C(Br)Br.OB(O)c1cccc(Cl)c1. The van der Waals surface area contributed by atoms with Crippen molar-refractivity contribution in [1.29, 1.82) is 0 Å². The minimum Gasteiger partial charge on any atom is -0.423 e. The van der Waals surface area contributed by atoms with Gasteiger partial charge in [-0.2, -0.15) is 0 Å². The van der Waals surface area contributed by atoms with Gasteiger partial charge < -0.3 is 20.8 Å². The first kappa shape index (κ1) is 31.7. The number of fused-ring (bicyclic) bond motifs is 1. The van der Waals surface area contributed by atoms with Gasteiger partial charge in [-0.3, -0.25) is 0 Å². The highest BCUT2D eigenvalue weighted by Crippen LogP contribution is 2.26. The summed E-state index contributed by atoms with van der Waals surface area (Å²) in [6.45, 7) is 0. The van der Waals surface area contributed by atoms with E-state index in [1.165, 1.54) is 11.5 Å². The summed E-state index contributed by atoms with van der Waals surface area (Å²) in [5.74, 6) is 0. The van der Waals surface area contributed by atoms with Crippen LogP contribution in [0.15, 0.2) is 107 Å². The molecular formula is C29H27BBr2Cl2N2O2. The predicted octanol–water partition coefficient (Wildman–Crippen LogP) is 8.50. The lowest BCUT2D eigenvalue weighted by atomic mass is 9.81. The van der Waals surface area contributed by atoms with Gasteiger partial charge in [0, 0.05) is 32.3 Å². The van der Waals surface area contributed by atoms with E-state index in [0.29, 0.717) is 10.5 Å².